The van der Waals surface area contributed by atoms with Crippen molar-refractivity contribution in [2.45, 2.75) is 42.0 Å². The second kappa shape index (κ2) is 8.73. The zero-order valence-electron chi connectivity index (χ0n) is 18.3. The first-order valence-electron chi connectivity index (χ1n) is 10.9. The molecule has 0 spiro atoms. The van der Waals surface area contributed by atoms with E-state index in [1.54, 1.807) is 24.3 Å². The van der Waals surface area contributed by atoms with Crippen LogP contribution in [0.4, 0.5) is 0 Å². The van der Waals surface area contributed by atoms with E-state index in [9.17, 15) is 13.2 Å². The zero-order valence-corrected chi connectivity index (χ0v) is 19.1. The maximum absolute atomic E-state index is 13.4. The zero-order chi connectivity index (χ0) is 22.1. The highest BCUT2D eigenvalue weighted by molar-refractivity contribution is 7.89. The Labute approximate surface area is 185 Å². The predicted molar refractivity (Wildman–Crippen MR) is 121 cm³/mol. The minimum atomic E-state index is -3.48. The molecule has 2 fully saturated rings. The summed E-state index contributed by atoms with van der Waals surface area (Å²) in [6.45, 7) is 2.96. The van der Waals surface area contributed by atoms with E-state index in [-0.39, 0.29) is 16.8 Å². The number of hydrogen-bond acceptors (Lipinski definition) is 4. The average molecular weight is 442 g/mol. The number of nitrogens with one attached hydrogen (secondary N) is 1. The molecule has 7 heteroatoms. The van der Waals surface area contributed by atoms with E-state index in [0.29, 0.717) is 0 Å². The third kappa shape index (κ3) is 4.54. The predicted octanol–water partition coefficient (Wildman–Crippen LogP) is 2.92. The van der Waals surface area contributed by atoms with Crippen molar-refractivity contribution in [2.24, 2.45) is 0 Å². The number of sulfonamides is 1. The highest BCUT2D eigenvalue weighted by atomic mass is 32.2. The summed E-state index contributed by atoms with van der Waals surface area (Å²) >= 11 is 0. The molecule has 1 unspecified atom stereocenters. The monoisotopic (exact) mass is 441 g/mol. The van der Waals surface area contributed by atoms with Gasteiger partial charge in [0.05, 0.1) is 16.4 Å². The summed E-state index contributed by atoms with van der Waals surface area (Å²) in [6.07, 6.45) is 3.98. The van der Waals surface area contributed by atoms with Gasteiger partial charge in [-0.05, 0) is 62.0 Å². The van der Waals surface area contributed by atoms with E-state index >= 15 is 0 Å². The second-order valence-corrected chi connectivity index (χ2v) is 11.0. The van der Waals surface area contributed by atoms with Gasteiger partial charge < -0.3 is 10.2 Å². The van der Waals surface area contributed by atoms with Crippen LogP contribution >= 0.6 is 0 Å². The molecule has 166 valence electrons. The van der Waals surface area contributed by atoms with Crippen molar-refractivity contribution in [1.29, 1.82) is 0 Å². The molecule has 1 saturated carbocycles. The Morgan fingerprint density at radius 3 is 2.19 bits per heavy atom. The molecule has 2 aliphatic rings. The number of amides is 1. The highest BCUT2D eigenvalue weighted by Gasteiger charge is 2.51. The van der Waals surface area contributed by atoms with Crippen LogP contribution in [0.2, 0.25) is 0 Å². The van der Waals surface area contributed by atoms with Crippen LogP contribution in [-0.4, -0.2) is 57.3 Å². The van der Waals surface area contributed by atoms with E-state index in [1.807, 2.05) is 18.2 Å². The van der Waals surface area contributed by atoms with Crippen LogP contribution < -0.4 is 5.32 Å². The first-order valence-corrected chi connectivity index (χ1v) is 12.4. The lowest BCUT2D eigenvalue weighted by Gasteiger charge is -2.27. The van der Waals surface area contributed by atoms with Gasteiger partial charge in [0.25, 0.3) is 0 Å². The molecule has 0 bridgehead atoms. The number of carbonyl (C=O) groups is 1. The SMILES string of the molecule is CN(C)S(=O)(=O)c1ccc(C2(C(=O)NC(CN3CCCC3)c3ccccc3)CC2)cc1. The molecule has 1 aliphatic heterocycles. The van der Waals surface area contributed by atoms with Crippen LogP contribution in [0.3, 0.4) is 0 Å². The molecule has 0 aromatic heterocycles. The Kier molecular flexibility index (Phi) is 6.19. The summed E-state index contributed by atoms with van der Waals surface area (Å²) in [6, 6.07) is 16.9. The van der Waals surface area contributed by atoms with Gasteiger partial charge in [0.1, 0.15) is 0 Å². The lowest BCUT2D eigenvalue weighted by atomic mass is 9.94. The van der Waals surface area contributed by atoms with Crippen molar-refractivity contribution in [3.63, 3.8) is 0 Å². The van der Waals surface area contributed by atoms with Crippen LogP contribution in [0.5, 0.6) is 0 Å². The van der Waals surface area contributed by atoms with Crippen molar-refractivity contribution >= 4 is 15.9 Å². The van der Waals surface area contributed by atoms with Gasteiger partial charge in [0, 0.05) is 20.6 Å². The van der Waals surface area contributed by atoms with E-state index in [1.165, 1.54) is 31.2 Å². The molecule has 2 aromatic rings. The fourth-order valence-corrected chi connectivity index (χ4v) is 5.27. The topological polar surface area (TPSA) is 69.7 Å². The molecule has 1 heterocycles. The van der Waals surface area contributed by atoms with Crippen LogP contribution in [0.15, 0.2) is 59.5 Å². The fraction of sp³-hybridized carbons (Fsp3) is 0.458. The number of rotatable bonds is 8. The van der Waals surface area contributed by atoms with E-state index < -0.39 is 15.4 Å². The van der Waals surface area contributed by atoms with Crippen molar-refractivity contribution in [1.82, 2.24) is 14.5 Å². The highest BCUT2D eigenvalue weighted by Crippen LogP contribution is 2.49. The maximum atomic E-state index is 13.4. The summed E-state index contributed by atoms with van der Waals surface area (Å²) in [5.41, 5.74) is 1.44. The van der Waals surface area contributed by atoms with Crippen molar-refractivity contribution in [3.8, 4) is 0 Å². The van der Waals surface area contributed by atoms with E-state index in [2.05, 4.69) is 22.3 Å². The number of nitrogens with zero attached hydrogens (tertiary/aromatic N) is 2. The van der Waals surface area contributed by atoms with Gasteiger partial charge in [-0.3, -0.25) is 4.79 Å². The first kappa shape index (κ1) is 22.0. The van der Waals surface area contributed by atoms with E-state index in [4.69, 9.17) is 0 Å². The quantitative estimate of drug-likeness (QED) is 0.684. The maximum Gasteiger partial charge on any atom is 0.242 e. The molecule has 0 radical (unpaired) electrons. The molecule has 4 rings (SSSR count). The fourth-order valence-electron chi connectivity index (χ4n) is 4.37. The van der Waals surface area contributed by atoms with E-state index in [0.717, 1.165) is 43.6 Å². The third-order valence-corrected chi connectivity index (χ3v) is 8.35. The van der Waals surface area contributed by atoms with Gasteiger partial charge >= 0.3 is 0 Å². The summed E-state index contributed by atoms with van der Waals surface area (Å²) in [5.74, 6) is 0.0313. The summed E-state index contributed by atoms with van der Waals surface area (Å²) in [7, 11) is -0.446. The van der Waals surface area contributed by atoms with Crippen molar-refractivity contribution in [2.75, 3.05) is 33.7 Å². The normalized spacial score (nSPS) is 19.3. The number of likely N-dealkylation sites (tertiary alicyclic amines) is 1. The lowest BCUT2D eigenvalue weighted by Crippen LogP contribution is -2.41. The van der Waals surface area contributed by atoms with Crippen molar-refractivity contribution < 1.29 is 13.2 Å². The van der Waals surface area contributed by atoms with Gasteiger partial charge in [0.2, 0.25) is 15.9 Å². The molecular weight excluding hydrogens is 410 g/mol. The molecule has 1 N–H and O–H groups in total. The minimum absolute atomic E-state index is 0.0313. The summed E-state index contributed by atoms with van der Waals surface area (Å²) in [4.78, 5) is 16.1. The minimum Gasteiger partial charge on any atom is -0.347 e. The standard InChI is InChI=1S/C24H31N3O3S/c1-26(2)31(29,30)21-12-10-20(11-13-21)24(14-15-24)23(28)25-22(18-27-16-6-7-17-27)19-8-4-3-5-9-19/h3-5,8-13,22H,6-7,14-18H2,1-2H3,(H,25,28). The Morgan fingerprint density at radius 1 is 1.03 bits per heavy atom. The van der Waals surface area contributed by atoms with Crippen LogP contribution in [0, 0.1) is 0 Å². The number of carbonyl (C=O) groups excluding carboxylic acids is 1. The Balaban J connectivity index is 1.53. The Bertz CT molecular complexity index is 1010. The largest absolute Gasteiger partial charge is 0.347 e. The smallest absolute Gasteiger partial charge is 0.242 e. The Hall–Kier alpha value is -2.22. The molecular formula is C24H31N3O3S. The second-order valence-electron chi connectivity index (χ2n) is 8.84. The first-order chi connectivity index (χ1) is 14.8. The van der Waals surface area contributed by atoms with Gasteiger partial charge in [-0.2, -0.15) is 0 Å². The third-order valence-electron chi connectivity index (χ3n) is 6.52. The van der Waals surface area contributed by atoms with Crippen LogP contribution in [0.1, 0.15) is 42.9 Å². The van der Waals surface area contributed by atoms with Gasteiger partial charge in [-0.1, -0.05) is 42.5 Å². The Morgan fingerprint density at radius 2 is 1.65 bits per heavy atom. The molecule has 1 atom stereocenters. The lowest BCUT2D eigenvalue weighted by molar-refractivity contribution is -0.124. The molecule has 2 aromatic carbocycles. The van der Waals surface area contributed by atoms with Crippen molar-refractivity contribution in [3.05, 3.63) is 65.7 Å². The van der Waals surface area contributed by atoms with Gasteiger partial charge in [-0.15, -0.1) is 0 Å². The van der Waals surface area contributed by atoms with Gasteiger partial charge in [0.15, 0.2) is 0 Å². The van der Waals surface area contributed by atoms with Crippen LogP contribution in [0.25, 0.3) is 0 Å². The molecule has 1 saturated heterocycles. The van der Waals surface area contributed by atoms with Crippen LogP contribution in [-0.2, 0) is 20.2 Å². The summed E-state index contributed by atoms with van der Waals surface area (Å²) in [5, 5.41) is 3.32. The molecule has 31 heavy (non-hydrogen) atoms. The molecule has 1 amide bonds. The molecule has 6 nitrogen and oxygen atoms in total. The summed E-state index contributed by atoms with van der Waals surface area (Å²) < 4.78 is 25.9. The van der Waals surface area contributed by atoms with Gasteiger partial charge in [-0.25, -0.2) is 12.7 Å². The number of benzene rings is 2. The molecule has 1 aliphatic carbocycles. The number of hydrogen-bond donors (Lipinski definition) is 1. The average Bonchev–Trinajstić information content (AvgIpc) is 3.44.